The first kappa shape index (κ1) is 22.4. The number of hydrogen-bond donors (Lipinski definition) is 0. The third-order valence-electron chi connectivity index (χ3n) is 6.63. The number of ether oxygens (including phenoxy) is 1. The average Bonchev–Trinajstić information content (AvgIpc) is 2.80. The Hall–Kier alpha value is -1.75. The summed E-state index contributed by atoms with van der Waals surface area (Å²) < 4.78 is 6.24. The third-order valence-corrected chi connectivity index (χ3v) is 7.53. The molecule has 2 heterocycles. The molecular weight excluding hydrogens is 431 g/mol. The Bertz CT molecular complexity index is 916. The standard InChI is InChI=1S/C25H30Cl2N2O2/c1-17-3-5-19(6-4-17)25(30)29-13-9-20(10-14-29)28-15-11-21(12-16-28)31-23-8-7-22(26)24(27)18(23)2/h3-8,20-21H,9-16H2,1-2H3. The fraction of sp³-hybridized carbons (Fsp3) is 0.480. The molecule has 0 aromatic heterocycles. The van der Waals surface area contributed by atoms with Gasteiger partial charge in [0.15, 0.2) is 0 Å². The molecular formula is C25H30Cl2N2O2. The number of rotatable bonds is 4. The molecule has 0 N–H and O–H groups in total. The Morgan fingerprint density at radius 2 is 1.55 bits per heavy atom. The number of halogens is 2. The zero-order chi connectivity index (χ0) is 22.0. The number of aryl methyl sites for hydroxylation is 1. The molecule has 2 aliphatic rings. The van der Waals surface area contributed by atoms with Gasteiger partial charge in [-0.1, -0.05) is 40.9 Å². The Morgan fingerprint density at radius 3 is 2.19 bits per heavy atom. The van der Waals surface area contributed by atoms with Crippen molar-refractivity contribution >= 4 is 29.1 Å². The molecule has 0 aliphatic carbocycles. The summed E-state index contributed by atoms with van der Waals surface area (Å²) in [6.07, 6.45) is 4.28. The summed E-state index contributed by atoms with van der Waals surface area (Å²) in [5.74, 6) is 0.985. The van der Waals surface area contributed by atoms with Crippen LogP contribution in [0.1, 0.15) is 47.2 Å². The quantitative estimate of drug-likeness (QED) is 0.581. The van der Waals surface area contributed by atoms with Crippen LogP contribution in [0.2, 0.25) is 10.0 Å². The molecule has 2 aromatic carbocycles. The van der Waals surface area contributed by atoms with Crippen molar-refractivity contribution < 1.29 is 9.53 Å². The maximum Gasteiger partial charge on any atom is 0.253 e. The predicted octanol–water partition coefficient (Wildman–Crippen LogP) is 5.76. The van der Waals surface area contributed by atoms with Crippen molar-refractivity contribution in [2.24, 2.45) is 0 Å². The van der Waals surface area contributed by atoms with E-state index in [9.17, 15) is 4.79 Å². The SMILES string of the molecule is Cc1ccc(C(=O)N2CCC(N3CCC(Oc4ccc(Cl)c(Cl)c4C)CC3)CC2)cc1. The summed E-state index contributed by atoms with van der Waals surface area (Å²) >= 11 is 12.3. The van der Waals surface area contributed by atoms with Gasteiger partial charge in [-0.15, -0.1) is 0 Å². The van der Waals surface area contributed by atoms with Gasteiger partial charge in [-0.3, -0.25) is 9.69 Å². The number of nitrogens with zero attached hydrogens (tertiary/aromatic N) is 2. The minimum absolute atomic E-state index is 0.155. The second kappa shape index (κ2) is 9.81. The molecule has 2 fully saturated rings. The summed E-state index contributed by atoms with van der Waals surface area (Å²) in [7, 11) is 0. The van der Waals surface area contributed by atoms with E-state index < -0.39 is 0 Å². The lowest BCUT2D eigenvalue weighted by atomic mass is 9.98. The monoisotopic (exact) mass is 460 g/mol. The van der Waals surface area contributed by atoms with Gasteiger partial charge >= 0.3 is 0 Å². The highest BCUT2D eigenvalue weighted by Gasteiger charge is 2.30. The van der Waals surface area contributed by atoms with E-state index in [0.717, 1.165) is 68.7 Å². The Balaban J connectivity index is 1.25. The van der Waals surface area contributed by atoms with Gasteiger partial charge in [0.25, 0.3) is 5.91 Å². The van der Waals surface area contributed by atoms with Crippen molar-refractivity contribution in [2.75, 3.05) is 26.2 Å². The molecule has 4 rings (SSSR count). The fourth-order valence-electron chi connectivity index (χ4n) is 4.61. The highest BCUT2D eigenvalue weighted by Crippen LogP contribution is 2.34. The second-order valence-corrected chi connectivity index (χ2v) is 9.51. The molecule has 1 amide bonds. The van der Waals surface area contributed by atoms with E-state index in [1.807, 2.05) is 49.1 Å². The minimum Gasteiger partial charge on any atom is -0.490 e. The molecule has 166 valence electrons. The maximum absolute atomic E-state index is 12.8. The fourth-order valence-corrected chi connectivity index (χ4v) is 4.97. The topological polar surface area (TPSA) is 32.8 Å². The third kappa shape index (κ3) is 5.19. The van der Waals surface area contributed by atoms with Crippen molar-refractivity contribution in [3.63, 3.8) is 0 Å². The first-order valence-electron chi connectivity index (χ1n) is 11.1. The van der Waals surface area contributed by atoms with Crippen LogP contribution in [-0.2, 0) is 0 Å². The van der Waals surface area contributed by atoms with Gasteiger partial charge in [0.05, 0.1) is 10.0 Å². The zero-order valence-corrected chi connectivity index (χ0v) is 19.8. The Morgan fingerprint density at radius 1 is 0.903 bits per heavy atom. The van der Waals surface area contributed by atoms with Crippen molar-refractivity contribution in [2.45, 2.75) is 51.7 Å². The van der Waals surface area contributed by atoms with Crippen LogP contribution < -0.4 is 4.74 Å². The number of hydrogen-bond acceptors (Lipinski definition) is 3. The summed E-state index contributed by atoms with van der Waals surface area (Å²) in [4.78, 5) is 17.3. The maximum atomic E-state index is 12.8. The molecule has 6 heteroatoms. The van der Waals surface area contributed by atoms with E-state index in [1.165, 1.54) is 5.56 Å². The van der Waals surface area contributed by atoms with Gasteiger partial charge in [-0.25, -0.2) is 0 Å². The number of amides is 1. The van der Waals surface area contributed by atoms with Crippen LogP contribution in [0.3, 0.4) is 0 Å². The number of carbonyl (C=O) groups excluding carboxylic acids is 1. The van der Waals surface area contributed by atoms with E-state index in [4.69, 9.17) is 27.9 Å². The van der Waals surface area contributed by atoms with Gasteiger partial charge in [0.2, 0.25) is 0 Å². The largest absolute Gasteiger partial charge is 0.490 e. The van der Waals surface area contributed by atoms with Crippen molar-refractivity contribution in [1.82, 2.24) is 9.80 Å². The normalized spacial score (nSPS) is 18.9. The van der Waals surface area contributed by atoms with Crippen LogP contribution in [-0.4, -0.2) is 54.0 Å². The van der Waals surface area contributed by atoms with E-state index in [1.54, 1.807) is 6.07 Å². The van der Waals surface area contributed by atoms with Crippen molar-refractivity contribution in [3.05, 3.63) is 63.1 Å². The number of benzene rings is 2. The summed E-state index contributed by atoms with van der Waals surface area (Å²) in [6, 6.07) is 12.1. The molecule has 0 spiro atoms. The van der Waals surface area contributed by atoms with E-state index in [2.05, 4.69) is 4.90 Å². The molecule has 0 radical (unpaired) electrons. The summed E-state index contributed by atoms with van der Waals surface area (Å²) in [5, 5.41) is 1.14. The van der Waals surface area contributed by atoms with Gasteiger partial charge in [-0.2, -0.15) is 0 Å². The van der Waals surface area contributed by atoms with Crippen LogP contribution in [0.5, 0.6) is 5.75 Å². The second-order valence-electron chi connectivity index (χ2n) is 8.73. The summed E-state index contributed by atoms with van der Waals surface area (Å²) in [6.45, 7) is 7.71. The molecule has 0 saturated carbocycles. The van der Waals surface area contributed by atoms with Gasteiger partial charge in [0, 0.05) is 43.3 Å². The molecule has 2 aromatic rings. The summed E-state index contributed by atoms with van der Waals surface area (Å²) in [5.41, 5.74) is 2.87. The molecule has 0 atom stereocenters. The van der Waals surface area contributed by atoms with Gasteiger partial charge < -0.3 is 9.64 Å². The van der Waals surface area contributed by atoms with Gasteiger partial charge in [0.1, 0.15) is 11.9 Å². The molecule has 0 bridgehead atoms. The van der Waals surface area contributed by atoms with Crippen molar-refractivity contribution in [1.29, 1.82) is 0 Å². The van der Waals surface area contributed by atoms with E-state index >= 15 is 0 Å². The number of piperidine rings is 2. The lowest BCUT2D eigenvalue weighted by molar-refractivity contribution is 0.0424. The predicted molar refractivity (Wildman–Crippen MR) is 127 cm³/mol. The van der Waals surface area contributed by atoms with Crippen molar-refractivity contribution in [3.8, 4) is 5.75 Å². The smallest absolute Gasteiger partial charge is 0.253 e. The molecule has 2 aliphatic heterocycles. The number of likely N-dealkylation sites (tertiary alicyclic amines) is 2. The molecule has 31 heavy (non-hydrogen) atoms. The highest BCUT2D eigenvalue weighted by atomic mass is 35.5. The zero-order valence-electron chi connectivity index (χ0n) is 18.2. The van der Waals surface area contributed by atoms with Crippen LogP contribution in [0.4, 0.5) is 0 Å². The van der Waals surface area contributed by atoms with Gasteiger partial charge in [-0.05, 0) is 63.8 Å². The average molecular weight is 461 g/mol. The van der Waals surface area contributed by atoms with Crippen LogP contribution in [0, 0.1) is 13.8 Å². The Labute approximate surface area is 195 Å². The highest BCUT2D eigenvalue weighted by molar-refractivity contribution is 6.42. The molecule has 2 saturated heterocycles. The molecule has 4 nitrogen and oxygen atoms in total. The Kier molecular flexibility index (Phi) is 7.10. The lowest BCUT2D eigenvalue weighted by Gasteiger charge is -2.41. The molecule has 0 unspecified atom stereocenters. The van der Waals surface area contributed by atoms with E-state index in [0.29, 0.717) is 16.1 Å². The van der Waals surface area contributed by atoms with Crippen LogP contribution >= 0.6 is 23.2 Å². The van der Waals surface area contributed by atoms with Crippen LogP contribution in [0.25, 0.3) is 0 Å². The van der Waals surface area contributed by atoms with Crippen LogP contribution in [0.15, 0.2) is 36.4 Å². The van der Waals surface area contributed by atoms with E-state index in [-0.39, 0.29) is 12.0 Å². The first-order chi connectivity index (χ1) is 14.9. The first-order valence-corrected chi connectivity index (χ1v) is 11.9. The number of carbonyl (C=O) groups is 1. The minimum atomic E-state index is 0.155. The lowest BCUT2D eigenvalue weighted by Crippen LogP contribution is -2.50.